The molecular formula is C10H15N5O6. The Kier molecular flexibility index (Phi) is 4.50. The van der Waals surface area contributed by atoms with Crippen LogP contribution in [0.2, 0.25) is 0 Å². The van der Waals surface area contributed by atoms with Crippen molar-refractivity contribution >= 4 is 17.0 Å². The van der Waals surface area contributed by atoms with Gasteiger partial charge in [-0.15, -0.1) is 0 Å². The third-order valence-electron chi connectivity index (χ3n) is 2.85. The van der Waals surface area contributed by atoms with E-state index in [4.69, 9.17) is 26.2 Å². The molecule has 0 aliphatic carbocycles. The lowest BCUT2D eigenvalue weighted by Crippen LogP contribution is -2.33. The number of hydrogen-bond donors (Lipinski definition) is 7. The van der Waals surface area contributed by atoms with E-state index in [1.807, 2.05) is 0 Å². The minimum absolute atomic E-state index is 0.262. The van der Waals surface area contributed by atoms with Gasteiger partial charge in [-0.3, -0.25) is 4.98 Å². The SMILES string of the molecule is Nc1[nH]c(=O)nc2nc[nH]c12.OC[C@H]1OC(O)[C@@H](O)[C@@H]1O. The van der Waals surface area contributed by atoms with Crippen molar-refractivity contribution in [3.8, 4) is 0 Å². The van der Waals surface area contributed by atoms with E-state index in [-0.39, 0.29) is 5.82 Å². The summed E-state index contributed by atoms with van der Waals surface area (Å²) in [6.07, 6.45) is -3.32. The topological polar surface area (TPSA) is 191 Å². The second-order valence-corrected chi connectivity index (χ2v) is 4.29. The fourth-order valence-electron chi connectivity index (χ4n) is 1.75. The maximum absolute atomic E-state index is 10.7. The minimum Gasteiger partial charge on any atom is -0.394 e. The number of aromatic nitrogens is 4. The molecule has 0 amide bonds. The number of imidazole rings is 1. The van der Waals surface area contributed by atoms with Crippen LogP contribution >= 0.6 is 0 Å². The largest absolute Gasteiger partial charge is 0.394 e. The lowest BCUT2D eigenvalue weighted by atomic mass is 10.1. The van der Waals surface area contributed by atoms with Gasteiger partial charge in [0.2, 0.25) is 0 Å². The second-order valence-electron chi connectivity index (χ2n) is 4.29. The summed E-state index contributed by atoms with van der Waals surface area (Å²) < 4.78 is 4.54. The van der Waals surface area contributed by atoms with Gasteiger partial charge in [-0.1, -0.05) is 0 Å². The number of hydrogen-bond acceptors (Lipinski definition) is 9. The molecule has 2 aromatic rings. The molecular weight excluding hydrogens is 286 g/mol. The molecule has 0 spiro atoms. The molecule has 3 rings (SSSR count). The number of aromatic amines is 2. The first-order chi connectivity index (χ1) is 9.93. The van der Waals surface area contributed by atoms with Crippen LogP contribution in [0, 0.1) is 0 Å². The van der Waals surface area contributed by atoms with E-state index in [0.717, 1.165) is 0 Å². The van der Waals surface area contributed by atoms with Crippen molar-refractivity contribution in [3.05, 3.63) is 16.8 Å². The van der Waals surface area contributed by atoms with Crippen molar-refractivity contribution in [2.75, 3.05) is 12.3 Å². The lowest BCUT2D eigenvalue weighted by molar-refractivity contribution is -0.132. The Bertz CT molecular complexity index is 657. The monoisotopic (exact) mass is 301 g/mol. The van der Waals surface area contributed by atoms with Crippen molar-refractivity contribution in [3.63, 3.8) is 0 Å². The van der Waals surface area contributed by atoms with Gasteiger partial charge in [-0.25, -0.2) is 9.78 Å². The van der Waals surface area contributed by atoms with E-state index >= 15 is 0 Å². The molecule has 8 N–H and O–H groups in total. The molecule has 3 heterocycles. The van der Waals surface area contributed by atoms with Crippen molar-refractivity contribution in [2.45, 2.75) is 24.6 Å². The molecule has 0 saturated carbocycles. The molecule has 1 aliphatic heterocycles. The fraction of sp³-hybridized carbons (Fsp3) is 0.500. The van der Waals surface area contributed by atoms with Crippen LogP contribution in [0.15, 0.2) is 11.1 Å². The van der Waals surface area contributed by atoms with Gasteiger partial charge in [-0.05, 0) is 0 Å². The number of nitrogens with one attached hydrogen (secondary N) is 2. The van der Waals surface area contributed by atoms with Gasteiger partial charge in [0.05, 0.1) is 12.9 Å². The summed E-state index contributed by atoms with van der Waals surface area (Å²) in [4.78, 5) is 23.1. The van der Waals surface area contributed by atoms with Gasteiger partial charge in [0.25, 0.3) is 0 Å². The molecule has 1 saturated heterocycles. The smallest absolute Gasteiger partial charge is 0.348 e. The number of aliphatic hydroxyl groups is 4. The molecule has 0 radical (unpaired) electrons. The zero-order chi connectivity index (χ0) is 15.6. The van der Waals surface area contributed by atoms with Crippen molar-refractivity contribution in [2.24, 2.45) is 0 Å². The van der Waals surface area contributed by atoms with E-state index in [1.165, 1.54) is 6.33 Å². The van der Waals surface area contributed by atoms with E-state index in [0.29, 0.717) is 11.2 Å². The van der Waals surface area contributed by atoms with Crippen molar-refractivity contribution in [1.29, 1.82) is 0 Å². The summed E-state index contributed by atoms with van der Waals surface area (Å²) in [5.74, 6) is 0.262. The summed E-state index contributed by atoms with van der Waals surface area (Å²) in [6.45, 7) is -0.407. The minimum atomic E-state index is -1.38. The fourth-order valence-corrected chi connectivity index (χ4v) is 1.75. The molecule has 21 heavy (non-hydrogen) atoms. The standard InChI is InChI=1S/C5H5N5O.C5H10O5/c6-3-2-4(8-1-7-2)10-5(11)9-3;6-1-2-3(7)4(8)5(9)10-2/h1H,(H4,6,7,8,9,10,11);2-9H,1H2/t;2-,3-,4+,5?/m.1/s1. The highest BCUT2D eigenvalue weighted by Crippen LogP contribution is 2.18. The first-order valence-electron chi connectivity index (χ1n) is 5.93. The summed E-state index contributed by atoms with van der Waals surface area (Å²) in [5, 5.41) is 35.0. The zero-order valence-corrected chi connectivity index (χ0v) is 10.7. The van der Waals surface area contributed by atoms with Crippen molar-refractivity contribution < 1.29 is 25.2 Å². The quantitative estimate of drug-likeness (QED) is 0.282. The van der Waals surface area contributed by atoms with E-state index in [9.17, 15) is 4.79 Å². The third-order valence-corrected chi connectivity index (χ3v) is 2.85. The Morgan fingerprint density at radius 1 is 1.33 bits per heavy atom. The number of aliphatic hydroxyl groups excluding tert-OH is 4. The van der Waals surface area contributed by atoms with Crippen LogP contribution in [0.25, 0.3) is 11.2 Å². The molecule has 116 valence electrons. The maximum atomic E-state index is 10.7. The second kappa shape index (κ2) is 6.15. The van der Waals surface area contributed by atoms with Crippen LogP contribution in [-0.4, -0.2) is 71.6 Å². The number of rotatable bonds is 1. The highest BCUT2D eigenvalue weighted by molar-refractivity contribution is 5.80. The Labute approximate surface area is 117 Å². The molecule has 0 aromatic carbocycles. The van der Waals surface area contributed by atoms with E-state index in [1.54, 1.807) is 0 Å². The highest BCUT2D eigenvalue weighted by atomic mass is 16.6. The molecule has 0 bridgehead atoms. The van der Waals surface area contributed by atoms with E-state index in [2.05, 4.69) is 24.7 Å². The van der Waals surface area contributed by atoms with Gasteiger partial charge < -0.3 is 35.9 Å². The third kappa shape index (κ3) is 3.17. The Morgan fingerprint density at radius 2 is 2.05 bits per heavy atom. The van der Waals surface area contributed by atoms with Gasteiger partial charge in [0, 0.05) is 0 Å². The number of nitrogens with two attached hydrogens (primary N) is 1. The molecule has 4 atom stereocenters. The molecule has 1 aliphatic rings. The number of H-pyrrole nitrogens is 2. The molecule has 11 nitrogen and oxygen atoms in total. The number of fused-ring (bicyclic) bond motifs is 1. The summed E-state index contributed by atoms with van der Waals surface area (Å²) in [5.41, 5.74) is 5.85. The average Bonchev–Trinajstić information content (AvgIpc) is 3.00. The summed E-state index contributed by atoms with van der Waals surface area (Å²) in [6, 6.07) is 0. The summed E-state index contributed by atoms with van der Waals surface area (Å²) >= 11 is 0. The summed E-state index contributed by atoms with van der Waals surface area (Å²) in [7, 11) is 0. The maximum Gasteiger partial charge on any atom is 0.348 e. The number of anilines is 1. The predicted octanol–water partition coefficient (Wildman–Crippen LogP) is -3.35. The van der Waals surface area contributed by atoms with Gasteiger partial charge in [0.15, 0.2) is 11.9 Å². The number of ether oxygens (including phenoxy) is 1. The van der Waals surface area contributed by atoms with Gasteiger partial charge >= 0.3 is 5.69 Å². The normalized spacial score (nSPS) is 28.4. The molecule has 11 heteroatoms. The number of nitrogen functional groups attached to an aromatic ring is 1. The van der Waals surface area contributed by atoms with Crippen LogP contribution in [0.4, 0.5) is 5.82 Å². The first kappa shape index (κ1) is 15.3. The van der Waals surface area contributed by atoms with Gasteiger partial charge in [0.1, 0.15) is 29.6 Å². The molecule has 2 aromatic heterocycles. The molecule has 1 fully saturated rings. The van der Waals surface area contributed by atoms with Gasteiger partial charge in [-0.2, -0.15) is 4.98 Å². The zero-order valence-electron chi connectivity index (χ0n) is 10.7. The molecule has 1 unspecified atom stereocenters. The average molecular weight is 301 g/mol. The Morgan fingerprint density at radius 3 is 2.57 bits per heavy atom. The van der Waals surface area contributed by atoms with Crippen LogP contribution in [0.5, 0.6) is 0 Å². The van der Waals surface area contributed by atoms with Crippen molar-refractivity contribution in [1.82, 2.24) is 19.9 Å². The predicted molar refractivity (Wildman–Crippen MR) is 68.9 cm³/mol. The van der Waals surface area contributed by atoms with Crippen LogP contribution < -0.4 is 11.4 Å². The first-order valence-corrected chi connectivity index (χ1v) is 5.93. The highest BCUT2D eigenvalue weighted by Gasteiger charge is 2.41. The lowest BCUT2D eigenvalue weighted by Gasteiger charge is -2.09. The Hall–Kier alpha value is -2.05. The van der Waals surface area contributed by atoms with Crippen LogP contribution in [0.3, 0.4) is 0 Å². The van der Waals surface area contributed by atoms with Crippen LogP contribution in [0.1, 0.15) is 0 Å². The Balaban J connectivity index is 0.000000155. The number of nitrogens with zero attached hydrogens (tertiary/aromatic N) is 2. The van der Waals surface area contributed by atoms with E-state index < -0.39 is 36.9 Å². The van der Waals surface area contributed by atoms with Crippen LogP contribution in [-0.2, 0) is 4.74 Å².